The Hall–Kier alpha value is -2.75. The van der Waals surface area contributed by atoms with Crippen molar-refractivity contribution in [3.05, 3.63) is 114 Å². The molecule has 0 heterocycles. The molecule has 0 aliphatic carbocycles. The van der Waals surface area contributed by atoms with Crippen LogP contribution in [0.1, 0.15) is 16.7 Å². The third-order valence-corrected chi connectivity index (χ3v) is 4.49. The predicted octanol–water partition coefficient (Wildman–Crippen LogP) is 4.72. The average molecular weight is 360 g/mol. The fourth-order valence-corrected chi connectivity index (χ4v) is 3.12. The Labute approximate surface area is 160 Å². The van der Waals surface area contributed by atoms with Gasteiger partial charge >= 0.3 is 0 Å². The number of benzene rings is 3. The molecule has 0 fully saturated rings. The summed E-state index contributed by atoms with van der Waals surface area (Å²) in [7, 11) is 0. The fourth-order valence-electron chi connectivity index (χ4n) is 3.12. The first-order valence-corrected chi connectivity index (χ1v) is 9.24. The van der Waals surface area contributed by atoms with Gasteiger partial charge in [-0.3, -0.25) is 4.90 Å². The minimum atomic E-state index is -0.209. The minimum absolute atomic E-state index is 0.209. The molecule has 0 saturated heterocycles. The van der Waals surface area contributed by atoms with Crippen LogP contribution in [0.4, 0.5) is 4.39 Å². The molecule has 0 aliphatic heterocycles. The summed E-state index contributed by atoms with van der Waals surface area (Å²) in [6.45, 7) is 2.88. The summed E-state index contributed by atoms with van der Waals surface area (Å²) in [6.07, 6.45) is 2.25. The Morgan fingerprint density at radius 2 is 1.37 bits per heavy atom. The highest BCUT2D eigenvalue weighted by Gasteiger charge is 2.08. The molecule has 138 valence electrons. The van der Waals surface area contributed by atoms with Crippen LogP contribution >= 0.6 is 0 Å². The van der Waals surface area contributed by atoms with Gasteiger partial charge in [0.05, 0.1) is 0 Å². The number of rotatable bonds is 8. The van der Waals surface area contributed by atoms with Gasteiger partial charge < -0.3 is 5.73 Å². The van der Waals surface area contributed by atoms with Crippen LogP contribution in [0.5, 0.6) is 0 Å². The number of hydrogen-bond donors (Lipinski definition) is 1. The largest absolute Gasteiger partial charge is 0.329 e. The molecule has 3 heteroatoms. The van der Waals surface area contributed by atoms with E-state index in [-0.39, 0.29) is 5.82 Å². The van der Waals surface area contributed by atoms with E-state index in [0.29, 0.717) is 6.54 Å². The molecule has 0 unspecified atom stereocenters. The van der Waals surface area contributed by atoms with Crippen molar-refractivity contribution < 1.29 is 4.39 Å². The van der Waals surface area contributed by atoms with Gasteiger partial charge in [0.1, 0.15) is 5.82 Å². The maximum Gasteiger partial charge on any atom is 0.123 e. The molecule has 27 heavy (non-hydrogen) atoms. The van der Waals surface area contributed by atoms with E-state index in [1.54, 1.807) is 0 Å². The Bertz CT molecular complexity index is 801. The van der Waals surface area contributed by atoms with Gasteiger partial charge in [-0.15, -0.1) is 0 Å². The van der Waals surface area contributed by atoms with E-state index in [1.807, 2.05) is 24.3 Å². The van der Waals surface area contributed by atoms with Crippen LogP contribution in [0.25, 0.3) is 5.57 Å². The summed E-state index contributed by atoms with van der Waals surface area (Å²) in [6, 6.07) is 27.5. The molecule has 2 nitrogen and oxygen atoms in total. The van der Waals surface area contributed by atoms with Gasteiger partial charge in [0, 0.05) is 26.2 Å². The third-order valence-electron chi connectivity index (χ3n) is 4.49. The molecule has 0 atom stereocenters. The maximum atomic E-state index is 13.2. The molecule has 2 N–H and O–H groups in total. The molecule has 0 aliphatic rings. The highest BCUT2D eigenvalue weighted by atomic mass is 19.1. The zero-order valence-corrected chi connectivity index (χ0v) is 15.4. The summed E-state index contributed by atoms with van der Waals surface area (Å²) in [5.41, 5.74) is 10.5. The third kappa shape index (κ3) is 5.61. The second-order valence-corrected chi connectivity index (χ2v) is 6.50. The molecule has 0 bridgehead atoms. The molecular formula is C24H25FN2. The number of hydrogen-bond acceptors (Lipinski definition) is 2. The predicted molar refractivity (Wildman–Crippen MR) is 111 cm³/mol. The van der Waals surface area contributed by atoms with Crippen LogP contribution < -0.4 is 5.73 Å². The normalized spacial score (nSPS) is 10.8. The highest BCUT2D eigenvalue weighted by molar-refractivity contribution is 5.79. The van der Waals surface area contributed by atoms with E-state index in [1.165, 1.54) is 28.8 Å². The molecule has 0 amide bonds. The second-order valence-electron chi connectivity index (χ2n) is 6.50. The van der Waals surface area contributed by atoms with Gasteiger partial charge in [0.2, 0.25) is 0 Å². The Morgan fingerprint density at radius 1 is 0.815 bits per heavy atom. The van der Waals surface area contributed by atoms with Crippen LogP contribution in [-0.4, -0.2) is 24.5 Å². The lowest BCUT2D eigenvalue weighted by atomic mass is 9.97. The van der Waals surface area contributed by atoms with Crippen LogP contribution in [0.15, 0.2) is 91.0 Å². The topological polar surface area (TPSA) is 29.3 Å². The number of nitrogens with zero attached hydrogens (tertiary/aromatic N) is 1. The molecule has 3 aromatic rings. The van der Waals surface area contributed by atoms with Crippen molar-refractivity contribution >= 4 is 5.57 Å². The van der Waals surface area contributed by atoms with Crippen molar-refractivity contribution in [2.75, 3.05) is 19.6 Å². The molecule has 3 aromatic carbocycles. The van der Waals surface area contributed by atoms with E-state index in [9.17, 15) is 4.39 Å². The Kier molecular flexibility index (Phi) is 6.91. The zero-order chi connectivity index (χ0) is 18.9. The first kappa shape index (κ1) is 19.0. The summed E-state index contributed by atoms with van der Waals surface area (Å²) in [4.78, 5) is 2.28. The van der Waals surface area contributed by atoms with E-state index < -0.39 is 0 Å². The van der Waals surface area contributed by atoms with Crippen LogP contribution in [-0.2, 0) is 6.54 Å². The van der Waals surface area contributed by atoms with Crippen LogP contribution in [0.3, 0.4) is 0 Å². The quantitative estimate of drug-likeness (QED) is 0.630. The lowest BCUT2D eigenvalue weighted by Crippen LogP contribution is -2.29. The second kappa shape index (κ2) is 9.81. The van der Waals surface area contributed by atoms with Crippen molar-refractivity contribution in [2.24, 2.45) is 5.73 Å². The van der Waals surface area contributed by atoms with Gasteiger partial charge in [-0.25, -0.2) is 4.39 Å². The van der Waals surface area contributed by atoms with Crippen molar-refractivity contribution in [3.63, 3.8) is 0 Å². The Balaban J connectivity index is 1.83. The van der Waals surface area contributed by atoms with E-state index >= 15 is 0 Å². The molecule has 0 radical (unpaired) electrons. The summed E-state index contributed by atoms with van der Waals surface area (Å²) in [5, 5.41) is 0. The van der Waals surface area contributed by atoms with Crippen molar-refractivity contribution in [1.29, 1.82) is 0 Å². The van der Waals surface area contributed by atoms with Crippen molar-refractivity contribution in [2.45, 2.75) is 6.54 Å². The first-order valence-electron chi connectivity index (χ1n) is 9.24. The minimum Gasteiger partial charge on any atom is -0.329 e. The number of nitrogens with two attached hydrogens (primary N) is 1. The number of halogens is 1. The summed E-state index contributed by atoms with van der Waals surface area (Å²) >= 11 is 0. The summed E-state index contributed by atoms with van der Waals surface area (Å²) < 4.78 is 13.2. The summed E-state index contributed by atoms with van der Waals surface area (Å²) in [5.74, 6) is -0.209. The van der Waals surface area contributed by atoms with Gasteiger partial charge in [0.25, 0.3) is 0 Å². The van der Waals surface area contributed by atoms with Crippen LogP contribution in [0.2, 0.25) is 0 Å². The monoisotopic (exact) mass is 360 g/mol. The van der Waals surface area contributed by atoms with Gasteiger partial charge in [-0.1, -0.05) is 78.9 Å². The zero-order valence-electron chi connectivity index (χ0n) is 15.4. The SMILES string of the molecule is NCCN(CC=C(c1ccccc1)c1ccccc1)Cc1ccc(F)cc1. The standard InChI is InChI=1S/C24H25FN2/c25-23-13-11-20(12-14-23)19-27(18-16-26)17-15-24(21-7-3-1-4-8-21)22-9-5-2-6-10-22/h1-15H,16-19,26H2. The smallest absolute Gasteiger partial charge is 0.123 e. The van der Waals surface area contributed by atoms with E-state index in [2.05, 4.69) is 59.5 Å². The average Bonchev–Trinajstić information content (AvgIpc) is 2.71. The van der Waals surface area contributed by atoms with E-state index in [0.717, 1.165) is 25.2 Å². The first-order chi connectivity index (χ1) is 13.3. The van der Waals surface area contributed by atoms with E-state index in [4.69, 9.17) is 5.73 Å². The molecule has 0 aromatic heterocycles. The Morgan fingerprint density at radius 3 is 1.89 bits per heavy atom. The fraction of sp³-hybridized carbons (Fsp3) is 0.167. The molecule has 0 saturated carbocycles. The van der Waals surface area contributed by atoms with Gasteiger partial charge in [0.15, 0.2) is 0 Å². The van der Waals surface area contributed by atoms with Crippen molar-refractivity contribution in [3.8, 4) is 0 Å². The highest BCUT2D eigenvalue weighted by Crippen LogP contribution is 2.23. The van der Waals surface area contributed by atoms with Gasteiger partial charge in [-0.05, 0) is 34.4 Å². The molecule has 0 spiro atoms. The van der Waals surface area contributed by atoms with Gasteiger partial charge in [-0.2, -0.15) is 0 Å². The molecular weight excluding hydrogens is 335 g/mol. The lowest BCUT2D eigenvalue weighted by Gasteiger charge is -2.21. The van der Waals surface area contributed by atoms with Crippen molar-refractivity contribution in [1.82, 2.24) is 4.90 Å². The lowest BCUT2D eigenvalue weighted by molar-refractivity contribution is 0.303. The van der Waals surface area contributed by atoms with Crippen LogP contribution in [0, 0.1) is 5.82 Å². The molecule has 3 rings (SSSR count). The maximum absolute atomic E-state index is 13.2.